The lowest BCUT2D eigenvalue weighted by Crippen LogP contribution is -2.33. The van der Waals surface area contributed by atoms with Crippen LogP contribution in [-0.4, -0.2) is 38.3 Å². The lowest BCUT2D eigenvalue weighted by molar-refractivity contribution is -0.137. The van der Waals surface area contributed by atoms with Crippen molar-refractivity contribution < 1.29 is 14.4 Å². The maximum absolute atomic E-state index is 11.6. The molecule has 8 heteroatoms. The van der Waals surface area contributed by atoms with Crippen molar-refractivity contribution in [1.29, 1.82) is 0 Å². The van der Waals surface area contributed by atoms with Gasteiger partial charge in [-0.2, -0.15) is 11.8 Å². The SMILES string of the molecule is N[C@@H](CSCC1CCCCc2noc(=O)n21)C(=O)O. The minimum Gasteiger partial charge on any atom is -0.480 e. The molecule has 106 valence electrons. The third kappa shape index (κ3) is 3.38. The number of aromatic nitrogens is 2. The van der Waals surface area contributed by atoms with Crippen molar-refractivity contribution in [3.63, 3.8) is 0 Å². The van der Waals surface area contributed by atoms with E-state index in [9.17, 15) is 9.59 Å². The Morgan fingerprint density at radius 3 is 3.16 bits per heavy atom. The van der Waals surface area contributed by atoms with Gasteiger partial charge in [0.15, 0.2) is 5.82 Å². The predicted octanol–water partition coefficient (Wildman–Crippen LogP) is 0.249. The van der Waals surface area contributed by atoms with Crippen LogP contribution in [-0.2, 0) is 11.2 Å². The molecule has 0 amide bonds. The number of carboxylic acid groups (broad SMARTS) is 1. The van der Waals surface area contributed by atoms with Crippen LogP contribution in [0.3, 0.4) is 0 Å². The highest BCUT2D eigenvalue weighted by Gasteiger charge is 2.23. The van der Waals surface area contributed by atoms with E-state index in [1.807, 2.05) is 0 Å². The second-order valence-corrected chi connectivity index (χ2v) is 5.69. The van der Waals surface area contributed by atoms with E-state index in [2.05, 4.69) is 5.16 Å². The van der Waals surface area contributed by atoms with Crippen molar-refractivity contribution in [3.8, 4) is 0 Å². The zero-order valence-corrected chi connectivity index (χ0v) is 11.3. The van der Waals surface area contributed by atoms with Crippen LogP contribution in [0, 0.1) is 0 Å². The van der Waals surface area contributed by atoms with Crippen molar-refractivity contribution in [2.45, 2.75) is 37.8 Å². The maximum Gasteiger partial charge on any atom is 0.441 e. The normalized spacial score (nSPS) is 20.6. The standard InChI is InChI=1S/C11H17N3O4S/c12-8(10(15)16)6-19-5-7-3-1-2-4-9-13-18-11(17)14(7)9/h7-8H,1-6,12H2,(H,15,16)/t7?,8-/m0/s1. The van der Waals surface area contributed by atoms with Gasteiger partial charge in [-0.25, -0.2) is 4.79 Å². The molecule has 2 atom stereocenters. The molecule has 0 saturated heterocycles. The summed E-state index contributed by atoms with van der Waals surface area (Å²) in [4.78, 5) is 22.3. The molecule has 19 heavy (non-hydrogen) atoms. The number of nitrogens with zero attached hydrogens (tertiary/aromatic N) is 2. The molecule has 0 bridgehead atoms. The van der Waals surface area contributed by atoms with Gasteiger partial charge in [-0.3, -0.25) is 13.9 Å². The van der Waals surface area contributed by atoms with E-state index in [4.69, 9.17) is 15.4 Å². The van der Waals surface area contributed by atoms with Gasteiger partial charge in [0.25, 0.3) is 0 Å². The third-order valence-electron chi connectivity index (χ3n) is 3.18. The number of hydrogen-bond donors (Lipinski definition) is 2. The van der Waals surface area contributed by atoms with Crippen LogP contribution in [0.2, 0.25) is 0 Å². The largest absolute Gasteiger partial charge is 0.480 e. The zero-order valence-electron chi connectivity index (χ0n) is 10.4. The van der Waals surface area contributed by atoms with Gasteiger partial charge < -0.3 is 10.8 Å². The molecular formula is C11H17N3O4S. The Hall–Kier alpha value is -1.28. The number of nitrogens with two attached hydrogens (primary N) is 1. The molecule has 7 nitrogen and oxygen atoms in total. The Bertz CT molecular complexity index is 498. The fourth-order valence-electron chi connectivity index (χ4n) is 2.16. The van der Waals surface area contributed by atoms with Crippen molar-refractivity contribution in [1.82, 2.24) is 9.72 Å². The summed E-state index contributed by atoms with van der Waals surface area (Å²) in [5, 5.41) is 12.5. The summed E-state index contributed by atoms with van der Waals surface area (Å²) in [6.45, 7) is 0. The first-order valence-electron chi connectivity index (χ1n) is 6.23. The predicted molar refractivity (Wildman–Crippen MR) is 70.3 cm³/mol. The summed E-state index contributed by atoms with van der Waals surface area (Å²) in [5.74, 6) is 0.243. The van der Waals surface area contributed by atoms with Crippen LogP contribution < -0.4 is 11.5 Å². The molecule has 0 radical (unpaired) electrons. The fourth-order valence-corrected chi connectivity index (χ4v) is 3.28. The van der Waals surface area contributed by atoms with Gasteiger partial charge in [0.2, 0.25) is 0 Å². The maximum atomic E-state index is 11.6. The first-order valence-corrected chi connectivity index (χ1v) is 7.38. The van der Waals surface area contributed by atoms with Gasteiger partial charge in [-0.05, 0) is 12.8 Å². The van der Waals surface area contributed by atoms with Crippen molar-refractivity contribution in [2.75, 3.05) is 11.5 Å². The number of thioether (sulfide) groups is 1. The van der Waals surface area contributed by atoms with Crippen molar-refractivity contribution >= 4 is 17.7 Å². The molecule has 2 heterocycles. The molecule has 1 aliphatic rings. The summed E-state index contributed by atoms with van der Waals surface area (Å²) >= 11 is 1.45. The van der Waals surface area contributed by atoms with Crippen molar-refractivity contribution in [3.05, 3.63) is 16.4 Å². The van der Waals surface area contributed by atoms with Gasteiger partial charge in [-0.1, -0.05) is 11.6 Å². The van der Waals surface area contributed by atoms with Crippen LogP contribution in [0.4, 0.5) is 0 Å². The van der Waals surface area contributed by atoms with E-state index in [1.54, 1.807) is 4.57 Å². The van der Waals surface area contributed by atoms with Crippen LogP contribution in [0.25, 0.3) is 0 Å². The molecule has 1 aromatic heterocycles. The smallest absolute Gasteiger partial charge is 0.441 e. The van der Waals surface area contributed by atoms with E-state index in [1.165, 1.54) is 11.8 Å². The zero-order chi connectivity index (χ0) is 13.8. The first kappa shape index (κ1) is 14.1. The van der Waals surface area contributed by atoms with Crippen LogP contribution in [0.15, 0.2) is 9.32 Å². The van der Waals surface area contributed by atoms with E-state index < -0.39 is 17.8 Å². The molecule has 1 aromatic rings. The molecule has 0 aliphatic carbocycles. The molecule has 0 saturated carbocycles. The number of carboxylic acids is 1. The van der Waals surface area contributed by atoms with E-state index >= 15 is 0 Å². The lowest BCUT2D eigenvalue weighted by atomic mass is 10.1. The Balaban J connectivity index is 1.98. The van der Waals surface area contributed by atoms with Gasteiger partial charge in [0.1, 0.15) is 6.04 Å². The van der Waals surface area contributed by atoms with Gasteiger partial charge in [-0.15, -0.1) is 0 Å². The molecule has 0 aromatic carbocycles. The average Bonchev–Trinajstić information content (AvgIpc) is 2.61. The minimum atomic E-state index is -1.00. The molecule has 1 unspecified atom stereocenters. The lowest BCUT2D eigenvalue weighted by Gasteiger charge is -2.16. The Labute approximate surface area is 114 Å². The van der Waals surface area contributed by atoms with Crippen LogP contribution >= 0.6 is 11.8 Å². The van der Waals surface area contributed by atoms with E-state index in [0.717, 1.165) is 25.7 Å². The van der Waals surface area contributed by atoms with Crippen molar-refractivity contribution in [2.24, 2.45) is 5.73 Å². The van der Waals surface area contributed by atoms with Gasteiger partial charge in [0, 0.05) is 17.9 Å². The second kappa shape index (κ2) is 6.25. The highest BCUT2D eigenvalue weighted by molar-refractivity contribution is 7.99. The van der Waals surface area contributed by atoms with Gasteiger partial charge in [0.05, 0.1) is 6.04 Å². The number of fused-ring (bicyclic) bond motifs is 1. The average molecular weight is 287 g/mol. The number of hydrogen-bond acceptors (Lipinski definition) is 6. The Morgan fingerprint density at radius 2 is 2.42 bits per heavy atom. The number of aliphatic carboxylic acids is 1. The summed E-state index contributed by atoms with van der Waals surface area (Å²) in [7, 11) is 0. The third-order valence-corrected chi connectivity index (χ3v) is 4.40. The molecular weight excluding hydrogens is 270 g/mol. The second-order valence-electron chi connectivity index (χ2n) is 4.62. The number of rotatable bonds is 5. The fraction of sp³-hybridized carbons (Fsp3) is 0.727. The Kier molecular flexibility index (Phi) is 4.65. The number of carbonyl (C=O) groups is 1. The van der Waals surface area contributed by atoms with Gasteiger partial charge >= 0.3 is 11.7 Å². The van der Waals surface area contributed by atoms with E-state index in [-0.39, 0.29) is 6.04 Å². The van der Waals surface area contributed by atoms with Crippen LogP contribution in [0.1, 0.15) is 31.1 Å². The molecule has 2 rings (SSSR count). The summed E-state index contributed by atoms with van der Waals surface area (Å²) < 4.78 is 6.30. The quantitative estimate of drug-likeness (QED) is 0.798. The topological polar surface area (TPSA) is 111 Å². The number of aryl methyl sites for hydroxylation is 1. The monoisotopic (exact) mass is 287 g/mol. The highest BCUT2D eigenvalue weighted by Crippen LogP contribution is 2.24. The summed E-state index contributed by atoms with van der Waals surface area (Å²) in [5.41, 5.74) is 5.45. The molecule has 3 N–H and O–H groups in total. The summed E-state index contributed by atoms with van der Waals surface area (Å²) in [6.07, 6.45) is 3.64. The van der Waals surface area contributed by atoms with Crippen LogP contribution in [0.5, 0.6) is 0 Å². The Morgan fingerprint density at radius 1 is 1.63 bits per heavy atom. The summed E-state index contributed by atoms with van der Waals surface area (Å²) in [6, 6.07) is -0.850. The first-order chi connectivity index (χ1) is 9.09. The molecule has 1 aliphatic heterocycles. The highest BCUT2D eigenvalue weighted by atomic mass is 32.2. The van der Waals surface area contributed by atoms with E-state index in [0.29, 0.717) is 17.3 Å². The minimum absolute atomic E-state index is 0.0160. The molecule has 0 spiro atoms. The molecule has 0 fully saturated rings.